The van der Waals surface area contributed by atoms with Gasteiger partial charge >= 0.3 is 6.03 Å². The number of amides is 3. The van der Waals surface area contributed by atoms with Crippen LogP contribution in [0, 0.1) is 0 Å². The first-order valence-corrected chi connectivity index (χ1v) is 10.6. The van der Waals surface area contributed by atoms with Crippen LogP contribution in [-0.2, 0) is 4.79 Å². The first-order valence-electron chi connectivity index (χ1n) is 10.2. The fourth-order valence-electron chi connectivity index (χ4n) is 3.86. The molecule has 1 fully saturated rings. The highest BCUT2D eigenvalue weighted by Crippen LogP contribution is 2.24. The van der Waals surface area contributed by atoms with Gasteiger partial charge in [0, 0.05) is 6.54 Å². The van der Waals surface area contributed by atoms with Gasteiger partial charge in [-0.25, -0.2) is 4.79 Å². The molecule has 0 spiro atoms. The Morgan fingerprint density at radius 1 is 1.14 bits per heavy atom. The fraction of sp³-hybridized carbons (Fsp3) is 0.524. The summed E-state index contributed by atoms with van der Waals surface area (Å²) >= 11 is 6.27. The molecule has 0 bridgehead atoms. The maximum atomic E-state index is 12.2. The Kier molecular flexibility index (Phi) is 7.74. The second-order valence-corrected chi connectivity index (χ2v) is 7.93. The van der Waals surface area contributed by atoms with E-state index in [0.717, 1.165) is 56.2 Å². The number of piperazine rings is 1. The number of urea groups is 1. The first-order chi connectivity index (χ1) is 13.6. The molecule has 1 aliphatic heterocycles. The molecule has 1 saturated heterocycles. The highest BCUT2D eigenvalue weighted by molar-refractivity contribution is 6.33. The van der Waals surface area contributed by atoms with E-state index in [1.165, 1.54) is 23.3 Å². The van der Waals surface area contributed by atoms with Crippen LogP contribution in [0.1, 0.15) is 32.1 Å². The van der Waals surface area contributed by atoms with Crippen molar-refractivity contribution in [3.8, 4) is 0 Å². The molecule has 1 heterocycles. The van der Waals surface area contributed by atoms with Crippen molar-refractivity contribution in [3.05, 3.63) is 40.9 Å². The molecule has 0 saturated carbocycles. The number of rotatable bonds is 6. The quantitative estimate of drug-likeness (QED) is 0.632. The molecule has 28 heavy (non-hydrogen) atoms. The van der Waals surface area contributed by atoms with E-state index in [9.17, 15) is 9.59 Å². The van der Waals surface area contributed by atoms with Crippen LogP contribution < -0.4 is 20.4 Å². The van der Waals surface area contributed by atoms with Crippen LogP contribution in [0.4, 0.5) is 10.5 Å². The lowest BCUT2D eigenvalue weighted by Gasteiger charge is -2.33. The predicted molar refractivity (Wildman–Crippen MR) is 112 cm³/mol. The zero-order chi connectivity index (χ0) is 19.8. The lowest BCUT2D eigenvalue weighted by atomic mass is 9.97. The second kappa shape index (κ2) is 10.5. The minimum atomic E-state index is -0.393. The van der Waals surface area contributed by atoms with Crippen molar-refractivity contribution in [1.82, 2.24) is 10.6 Å². The minimum Gasteiger partial charge on any atom is -0.359 e. The number of allylic oxidation sites excluding steroid dienone is 1. The van der Waals surface area contributed by atoms with E-state index in [2.05, 4.69) is 21.6 Å². The number of carbonyl (C=O) groups is 2. The standard InChI is InChI=1S/C21H29ClN4O2/c22-18-8-4-5-9-19(18)26-14-12-25(13-15-26)16-20(27)24-21(28)23-11-10-17-6-2-1-3-7-17/h4-6,8-9H,1-3,7,10-16H2,(H2,23,24,27,28)/p+1. The molecule has 0 radical (unpaired) electrons. The summed E-state index contributed by atoms with van der Waals surface area (Å²) in [6.45, 7) is 4.26. The maximum Gasteiger partial charge on any atom is 0.321 e. The molecule has 0 aromatic heterocycles. The number of hydrogen-bond donors (Lipinski definition) is 3. The molecule has 2 aliphatic rings. The topological polar surface area (TPSA) is 65.9 Å². The van der Waals surface area contributed by atoms with Gasteiger partial charge in [0.1, 0.15) is 0 Å². The summed E-state index contributed by atoms with van der Waals surface area (Å²) in [4.78, 5) is 27.5. The van der Waals surface area contributed by atoms with E-state index in [1.807, 2.05) is 24.3 Å². The van der Waals surface area contributed by atoms with Crippen LogP contribution in [0.2, 0.25) is 5.02 Å². The molecule has 6 nitrogen and oxygen atoms in total. The molecule has 1 aliphatic carbocycles. The molecular weight excluding hydrogens is 376 g/mol. The normalized spacial score (nSPS) is 17.8. The Morgan fingerprint density at radius 3 is 2.64 bits per heavy atom. The number of imide groups is 1. The van der Waals surface area contributed by atoms with Gasteiger partial charge in [-0.15, -0.1) is 0 Å². The third-order valence-corrected chi connectivity index (χ3v) is 5.76. The van der Waals surface area contributed by atoms with Crippen LogP contribution in [0.5, 0.6) is 0 Å². The smallest absolute Gasteiger partial charge is 0.321 e. The molecule has 0 unspecified atom stereocenters. The third-order valence-electron chi connectivity index (χ3n) is 5.44. The first kappa shape index (κ1) is 20.7. The number of benzene rings is 1. The number of para-hydroxylation sites is 1. The zero-order valence-corrected chi connectivity index (χ0v) is 17.1. The summed E-state index contributed by atoms with van der Waals surface area (Å²) in [6, 6.07) is 7.43. The largest absolute Gasteiger partial charge is 0.359 e. The Balaban J connectivity index is 1.33. The Morgan fingerprint density at radius 2 is 1.93 bits per heavy atom. The summed E-state index contributed by atoms with van der Waals surface area (Å²) in [5.74, 6) is -0.226. The Bertz CT molecular complexity index is 714. The number of nitrogens with one attached hydrogen (secondary N) is 3. The van der Waals surface area contributed by atoms with Gasteiger partial charge in [-0.1, -0.05) is 35.4 Å². The summed E-state index contributed by atoms with van der Waals surface area (Å²) in [6.07, 6.45) is 7.93. The van der Waals surface area contributed by atoms with Crippen LogP contribution in [-0.4, -0.2) is 51.2 Å². The summed E-state index contributed by atoms with van der Waals surface area (Å²) in [7, 11) is 0. The Hall–Kier alpha value is -2.05. The summed E-state index contributed by atoms with van der Waals surface area (Å²) < 4.78 is 0. The van der Waals surface area contributed by atoms with Crippen molar-refractivity contribution < 1.29 is 14.5 Å². The molecule has 3 rings (SSSR count). The van der Waals surface area contributed by atoms with E-state index in [-0.39, 0.29) is 5.91 Å². The van der Waals surface area contributed by atoms with Crippen molar-refractivity contribution in [2.75, 3.05) is 44.2 Å². The SMILES string of the molecule is O=C(C[NH+]1CCN(c2ccccc2Cl)CC1)NC(=O)NCCC1=CCCCC1. The molecule has 0 atom stereocenters. The average Bonchev–Trinajstić information content (AvgIpc) is 2.70. The van der Waals surface area contributed by atoms with Crippen molar-refractivity contribution in [1.29, 1.82) is 0 Å². The lowest BCUT2D eigenvalue weighted by molar-refractivity contribution is -0.892. The number of quaternary nitrogens is 1. The lowest BCUT2D eigenvalue weighted by Crippen LogP contribution is -3.16. The number of carbonyl (C=O) groups excluding carboxylic acids is 2. The molecule has 3 N–H and O–H groups in total. The number of nitrogens with zero attached hydrogens (tertiary/aromatic N) is 1. The van der Waals surface area contributed by atoms with E-state index in [0.29, 0.717) is 13.1 Å². The van der Waals surface area contributed by atoms with Gasteiger partial charge in [0.25, 0.3) is 5.91 Å². The average molecular weight is 406 g/mol. The molecule has 1 aromatic carbocycles. The monoisotopic (exact) mass is 405 g/mol. The van der Waals surface area contributed by atoms with Gasteiger partial charge in [0.2, 0.25) is 0 Å². The third kappa shape index (κ3) is 6.24. The highest BCUT2D eigenvalue weighted by atomic mass is 35.5. The number of halogens is 1. The number of hydrogen-bond acceptors (Lipinski definition) is 3. The minimum absolute atomic E-state index is 0.226. The van der Waals surface area contributed by atoms with Crippen molar-refractivity contribution in [3.63, 3.8) is 0 Å². The van der Waals surface area contributed by atoms with Crippen LogP contribution in [0.25, 0.3) is 0 Å². The van der Waals surface area contributed by atoms with Crippen molar-refractivity contribution in [2.24, 2.45) is 0 Å². The number of anilines is 1. The summed E-state index contributed by atoms with van der Waals surface area (Å²) in [5, 5.41) is 6.00. The van der Waals surface area contributed by atoms with Gasteiger partial charge in [-0.05, 0) is 44.2 Å². The summed E-state index contributed by atoms with van der Waals surface area (Å²) in [5.41, 5.74) is 2.46. The molecular formula is C21H30ClN4O2+. The maximum absolute atomic E-state index is 12.2. The van der Waals surface area contributed by atoms with Gasteiger partial charge in [-0.3, -0.25) is 10.1 Å². The van der Waals surface area contributed by atoms with Gasteiger partial charge in [0.15, 0.2) is 6.54 Å². The van der Waals surface area contributed by atoms with E-state index in [1.54, 1.807) is 0 Å². The van der Waals surface area contributed by atoms with Crippen molar-refractivity contribution in [2.45, 2.75) is 32.1 Å². The highest BCUT2D eigenvalue weighted by Gasteiger charge is 2.24. The van der Waals surface area contributed by atoms with Gasteiger partial charge < -0.3 is 15.1 Å². The van der Waals surface area contributed by atoms with Crippen molar-refractivity contribution >= 4 is 29.2 Å². The van der Waals surface area contributed by atoms with Gasteiger partial charge in [-0.2, -0.15) is 0 Å². The molecule has 3 amide bonds. The molecule has 7 heteroatoms. The molecule has 1 aromatic rings. The van der Waals surface area contributed by atoms with Crippen LogP contribution in [0.3, 0.4) is 0 Å². The molecule has 152 valence electrons. The van der Waals surface area contributed by atoms with E-state index in [4.69, 9.17) is 11.6 Å². The Labute approximate surface area is 171 Å². The second-order valence-electron chi connectivity index (χ2n) is 7.53. The fourth-order valence-corrected chi connectivity index (χ4v) is 4.11. The zero-order valence-electron chi connectivity index (χ0n) is 16.3. The van der Waals surface area contributed by atoms with E-state index >= 15 is 0 Å². The predicted octanol–water partition coefficient (Wildman–Crippen LogP) is 1.76. The van der Waals surface area contributed by atoms with Gasteiger partial charge in [0.05, 0.1) is 36.9 Å². The van der Waals surface area contributed by atoms with E-state index < -0.39 is 6.03 Å². The van der Waals surface area contributed by atoms with Crippen LogP contribution >= 0.6 is 11.6 Å². The van der Waals surface area contributed by atoms with Crippen LogP contribution in [0.15, 0.2) is 35.9 Å².